The van der Waals surface area contributed by atoms with Crippen LogP contribution in [0.3, 0.4) is 0 Å². The molecule has 1 N–H and O–H groups in total. The maximum absolute atomic E-state index is 13.7. The molecular weight excluding hydrogens is 389 g/mol. The third kappa shape index (κ3) is 3.33. The average molecular weight is 409 g/mol. The number of thioether (sulfide) groups is 1. The van der Waals surface area contributed by atoms with Gasteiger partial charge in [-0.15, -0.1) is 0 Å². The van der Waals surface area contributed by atoms with Crippen molar-refractivity contribution < 1.29 is 9.18 Å². The van der Waals surface area contributed by atoms with Crippen molar-refractivity contribution in [1.82, 2.24) is 9.58 Å². The first-order valence-electron chi connectivity index (χ1n) is 9.21. The Morgan fingerprint density at radius 2 is 2.00 bits per heavy atom. The molecule has 6 nitrogen and oxygen atoms in total. The minimum absolute atomic E-state index is 0.0127. The predicted octanol–water partition coefficient (Wildman–Crippen LogP) is 4.51. The second-order valence-electron chi connectivity index (χ2n) is 7.25. The quantitative estimate of drug-likeness (QED) is 0.758. The number of aryl methyl sites for hydroxylation is 1. The number of aromatic nitrogens is 1. The normalized spacial score (nSPS) is 17.9. The number of hydrazone groups is 1. The Kier molecular flexibility index (Phi) is 4.74. The van der Waals surface area contributed by atoms with Crippen molar-refractivity contribution in [3.63, 3.8) is 0 Å². The van der Waals surface area contributed by atoms with Crippen LogP contribution in [0.1, 0.15) is 30.8 Å². The van der Waals surface area contributed by atoms with E-state index >= 15 is 0 Å². The third-order valence-electron chi connectivity index (χ3n) is 4.80. The molecule has 0 saturated heterocycles. The van der Waals surface area contributed by atoms with Gasteiger partial charge in [-0.25, -0.2) is 4.39 Å². The smallest absolute Gasteiger partial charge is 0.283 e. The van der Waals surface area contributed by atoms with Gasteiger partial charge < -0.3 is 4.57 Å². The number of nitrogens with one attached hydrogen (secondary N) is 1. The van der Waals surface area contributed by atoms with E-state index in [0.717, 1.165) is 22.0 Å². The van der Waals surface area contributed by atoms with Gasteiger partial charge in [-0.05, 0) is 61.5 Å². The molecule has 0 fully saturated rings. The molecule has 2 aliphatic heterocycles. The lowest BCUT2D eigenvalue weighted by atomic mass is 10.1. The first-order chi connectivity index (χ1) is 13.8. The molecule has 1 aromatic heterocycles. The van der Waals surface area contributed by atoms with Gasteiger partial charge in [0.05, 0.1) is 5.57 Å². The van der Waals surface area contributed by atoms with E-state index in [0.29, 0.717) is 10.9 Å². The molecule has 1 aromatic carbocycles. The van der Waals surface area contributed by atoms with E-state index in [1.807, 2.05) is 44.4 Å². The monoisotopic (exact) mass is 409 g/mol. The molecule has 2 aliphatic rings. The van der Waals surface area contributed by atoms with Crippen LogP contribution in [0.25, 0.3) is 11.8 Å². The zero-order valence-corrected chi connectivity index (χ0v) is 17.3. The molecule has 1 amide bonds. The van der Waals surface area contributed by atoms with E-state index in [2.05, 4.69) is 10.1 Å². The summed E-state index contributed by atoms with van der Waals surface area (Å²) in [4.78, 5) is 16.7. The number of aliphatic imine (C=N–C) groups is 1. The third-order valence-corrected chi connectivity index (χ3v) is 6.01. The minimum atomic E-state index is -0.454. The predicted molar refractivity (Wildman–Crippen MR) is 115 cm³/mol. The number of halogens is 1. The Morgan fingerprint density at radius 1 is 1.24 bits per heavy atom. The maximum Gasteiger partial charge on any atom is 0.283 e. The van der Waals surface area contributed by atoms with E-state index in [-0.39, 0.29) is 23.1 Å². The fraction of sp³-hybridized carbons (Fsp3) is 0.238. The van der Waals surface area contributed by atoms with Crippen LogP contribution < -0.4 is 0 Å². The number of amides is 1. The lowest BCUT2D eigenvalue weighted by Crippen LogP contribution is -2.35. The van der Waals surface area contributed by atoms with Crippen molar-refractivity contribution in [1.29, 1.82) is 5.41 Å². The molecule has 4 rings (SSSR count). The van der Waals surface area contributed by atoms with Gasteiger partial charge in [0, 0.05) is 23.0 Å². The van der Waals surface area contributed by atoms with Gasteiger partial charge in [0.15, 0.2) is 5.84 Å². The summed E-state index contributed by atoms with van der Waals surface area (Å²) in [5, 5.41) is 15.6. The molecule has 0 saturated carbocycles. The van der Waals surface area contributed by atoms with Crippen molar-refractivity contribution >= 4 is 39.8 Å². The summed E-state index contributed by atoms with van der Waals surface area (Å²) in [6.45, 7) is 7.83. The van der Waals surface area contributed by atoms with Crippen molar-refractivity contribution in [3.05, 3.63) is 58.7 Å². The van der Waals surface area contributed by atoms with Crippen LogP contribution in [0.5, 0.6) is 0 Å². The lowest BCUT2D eigenvalue weighted by molar-refractivity contribution is -0.114. The fourth-order valence-electron chi connectivity index (χ4n) is 3.34. The zero-order chi connectivity index (χ0) is 20.9. The van der Waals surface area contributed by atoms with Gasteiger partial charge >= 0.3 is 0 Å². The van der Waals surface area contributed by atoms with E-state index in [1.165, 1.54) is 28.9 Å². The molecular formula is C21H20FN5OS. The highest BCUT2D eigenvalue weighted by molar-refractivity contribution is 8.27. The van der Waals surface area contributed by atoms with Gasteiger partial charge in [-0.1, -0.05) is 19.9 Å². The Morgan fingerprint density at radius 3 is 2.69 bits per heavy atom. The summed E-state index contributed by atoms with van der Waals surface area (Å²) in [6.07, 6.45) is 1.66. The molecule has 148 valence electrons. The van der Waals surface area contributed by atoms with Crippen LogP contribution in [0, 0.1) is 31.0 Å². The first-order valence-corrected chi connectivity index (χ1v) is 10.0. The largest absolute Gasteiger partial charge is 0.318 e. The highest BCUT2D eigenvalue weighted by Crippen LogP contribution is 2.31. The standard InChI is InChI=1S/C21H20FN5OS/c1-11(2)20-25-27-18(23)17(19(28)24-21(27)29-20)9-14-8-12(3)26(13(14)4)16-7-5-6-15(22)10-16/h5-11,23H,1-4H3/b17-9+,23-18?. The van der Waals surface area contributed by atoms with E-state index in [1.54, 1.807) is 12.1 Å². The van der Waals surface area contributed by atoms with Crippen LogP contribution in [0.2, 0.25) is 0 Å². The second-order valence-corrected chi connectivity index (χ2v) is 8.24. The van der Waals surface area contributed by atoms with Crippen molar-refractivity contribution in [2.24, 2.45) is 16.0 Å². The van der Waals surface area contributed by atoms with Crippen LogP contribution in [0.4, 0.5) is 4.39 Å². The Labute approximate surface area is 172 Å². The van der Waals surface area contributed by atoms with Crippen LogP contribution >= 0.6 is 11.8 Å². The maximum atomic E-state index is 13.7. The van der Waals surface area contributed by atoms with Crippen molar-refractivity contribution in [2.75, 3.05) is 0 Å². The molecule has 2 aromatic rings. The number of hydrogen-bond acceptors (Lipinski definition) is 4. The van der Waals surface area contributed by atoms with Crippen molar-refractivity contribution in [2.45, 2.75) is 27.7 Å². The van der Waals surface area contributed by atoms with Crippen LogP contribution in [-0.2, 0) is 4.79 Å². The molecule has 8 heteroatoms. The number of amidine groups is 2. The summed E-state index contributed by atoms with van der Waals surface area (Å²) >= 11 is 1.32. The molecule has 0 bridgehead atoms. The number of carbonyl (C=O) groups excluding carboxylic acids is 1. The molecule has 0 atom stereocenters. The summed E-state index contributed by atoms with van der Waals surface area (Å²) in [5.41, 5.74) is 3.41. The zero-order valence-electron chi connectivity index (χ0n) is 16.5. The van der Waals surface area contributed by atoms with Gasteiger partial charge in [0.25, 0.3) is 5.91 Å². The average Bonchev–Trinajstić information content (AvgIpc) is 3.20. The molecule has 0 unspecified atom stereocenters. The number of fused-ring (bicyclic) bond motifs is 1. The molecule has 0 aliphatic carbocycles. The highest BCUT2D eigenvalue weighted by atomic mass is 32.2. The van der Waals surface area contributed by atoms with Crippen LogP contribution in [-0.4, -0.2) is 31.5 Å². The van der Waals surface area contributed by atoms with Crippen LogP contribution in [0.15, 0.2) is 46.0 Å². The number of benzene rings is 1. The molecule has 29 heavy (non-hydrogen) atoms. The van der Waals surface area contributed by atoms with Gasteiger partial charge in [0.2, 0.25) is 5.17 Å². The van der Waals surface area contributed by atoms with E-state index in [9.17, 15) is 9.18 Å². The first kappa shape index (κ1) is 19.3. The number of nitrogens with zero attached hydrogens (tertiary/aromatic N) is 4. The van der Waals surface area contributed by atoms with Crippen molar-refractivity contribution in [3.8, 4) is 5.69 Å². The van der Waals surface area contributed by atoms with Gasteiger partial charge in [-0.2, -0.15) is 15.1 Å². The Balaban J connectivity index is 1.75. The van der Waals surface area contributed by atoms with E-state index in [4.69, 9.17) is 5.41 Å². The summed E-state index contributed by atoms with van der Waals surface area (Å²) in [6, 6.07) is 8.26. The minimum Gasteiger partial charge on any atom is -0.318 e. The second kappa shape index (κ2) is 7.11. The SMILES string of the molecule is Cc1cc(/C=C2\C(=N)N3N=C(C(C)C)SC3=NC2=O)c(C)n1-c1cccc(F)c1. The summed E-state index contributed by atoms with van der Waals surface area (Å²) in [5.74, 6) is -0.566. The number of carbonyl (C=O) groups is 1. The number of hydrogen-bond donors (Lipinski definition) is 1. The summed E-state index contributed by atoms with van der Waals surface area (Å²) in [7, 11) is 0. The fourth-order valence-corrected chi connectivity index (χ4v) is 4.23. The molecule has 0 radical (unpaired) electrons. The van der Waals surface area contributed by atoms with E-state index < -0.39 is 5.91 Å². The highest BCUT2D eigenvalue weighted by Gasteiger charge is 2.36. The topological polar surface area (TPSA) is 73.8 Å². The Bertz CT molecular complexity index is 1140. The summed E-state index contributed by atoms with van der Waals surface area (Å²) < 4.78 is 15.6. The van der Waals surface area contributed by atoms with Gasteiger partial charge in [-0.3, -0.25) is 10.2 Å². The Hall–Kier alpha value is -3.00. The molecule has 3 heterocycles. The van der Waals surface area contributed by atoms with Gasteiger partial charge in [0.1, 0.15) is 10.9 Å². The number of rotatable bonds is 3. The lowest BCUT2D eigenvalue weighted by Gasteiger charge is -2.20. The molecule has 0 spiro atoms.